The third-order valence-electron chi connectivity index (χ3n) is 2.85. The molecule has 1 unspecified atom stereocenters. The molecule has 0 aliphatic carbocycles. The molecular weight excluding hydrogens is 268 g/mol. The van der Waals surface area contributed by atoms with Gasteiger partial charge in [0, 0.05) is 18.4 Å². The third kappa shape index (κ3) is 3.04. The Bertz CT molecular complexity index is 634. The zero-order chi connectivity index (χ0) is 14.9. The van der Waals surface area contributed by atoms with E-state index in [4.69, 9.17) is 0 Å². The van der Waals surface area contributed by atoms with Crippen molar-refractivity contribution in [2.75, 3.05) is 0 Å². The third-order valence-corrected chi connectivity index (χ3v) is 2.85. The molecular formula is C13H15F2N3O2. The molecule has 7 heteroatoms. The maximum absolute atomic E-state index is 12.8. The summed E-state index contributed by atoms with van der Waals surface area (Å²) in [6.45, 7) is 2.44. The van der Waals surface area contributed by atoms with E-state index in [2.05, 4.69) is 10.4 Å². The van der Waals surface area contributed by atoms with Crippen LogP contribution in [0, 0.1) is 0 Å². The number of aromatic hydroxyl groups is 1. The van der Waals surface area contributed by atoms with Crippen LogP contribution in [0.1, 0.15) is 13.8 Å². The largest absolute Gasteiger partial charge is 0.508 e. The van der Waals surface area contributed by atoms with E-state index < -0.39 is 17.9 Å². The van der Waals surface area contributed by atoms with E-state index in [0.29, 0.717) is 6.92 Å². The van der Waals surface area contributed by atoms with Crippen LogP contribution in [0.15, 0.2) is 24.4 Å². The molecule has 5 nitrogen and oxygen atoms in total. The van der Waals surface area contributed by atoms with Gasteiger partial charge in [-0.2, -0.15) is 13.9 Å². The van der Waals surface area contributed by atoms with Crippen LogP contribution in [-0.2, 0) is 11.3 Å². The van der Waals surface area contributed by atoms with Crippen LogP contribution >= 0.6 is 0 Å². The maximum atomic E-state index is 12.8. The number of carbonyl (C=O) groups is 1. The quantitative estimate of drug-likeness (QED) is 0.900. The number of halogens is 2. The number of phenols is 1. The van der Waals surface area contributed by atoms with E-state index in [0.717, 1.165) is 10.9 Å². The van der Waals surface area contributed by atoms with Crippen molar-refractivity contribution in [1.29, 1.82) is 0 Å². The van der Waals surface area contributed by atoms with Gasteiger partial charge in [0.1, 0.15) is 5.75 Å². The van der Waals surface area contributed by atoms with Crippen molar-refractivity contribution in [3.05, 3.63) is 24.4 Å². The van der Waals surface area contributed by atoms with E-state index in [9.17, 15) is 18.7 Å². The van der Waals surface area contributed by atoms with E-state index in [-0.39, 0.29) is 12.3 Å². The van der Waals surface area contributed by atoms with Gasteiger partial charge in [0.15, 0.2) is 0 Å². The zero-order valence-corrected chi connectivity index (χ0v) is 11.1. The number of alkyl halides is 2. The highest BCUT2D eigenvalue weighted by molar-refractivity contribution is 5.83. The highest BCUT2D eigenvalue weighted by Gasteiger charge is 2.32. The van der Waals surface area contributed by atoms with Crippen molar-refractivity contribution >= 4 is 16.8 Å². The van der Waals surface area contributed by atoms with Crippen molar-refractivity contribution < 1.29 is 18.7 Å². The fraction of sp³-hybridized carbons (Fsp3) is 0.385. The summed E-state index contributed by atoms with van der Waals surface area (Å²) in [7, 11) is 0. The first-order valence-electron chi connectivity index (χ1n) is 6.10. The first kappa shape index (κ1) is 14.2. The van der Waals surface area contributed by atoms with Crippen molar-refractivity contribution in [2.45, 2.75) is 32.4 Å². The lowest BCUT2D eigenvalue weighted by atomic mass is 10.2. The van der Waals surface area contributed by atoms with Crippen LogP contribution in [0.25, 0.3) is 10.9 Å². The van der Waals surface area contributed by atoms with Gasteiger partial charge in [-0.3, -0.25) is 9.48 Å². The summed E-state index contributed by atoms with van der Waals surface area (Å²) in [6.07, 6.45) is 1.57. The summed E-state index contributed by atoms with van der Waals surface area (Å²) in [5.74, 6) is -4.57. The fourth-order valence-electron chi connectivity index (χ4n) is 1.88. The molecule has 0 saturated carbocycles. The molecule has 1 aromatic heterocycles. The molecule has 0 spiro atoms. The number of nitrogens with one attached hydrogen (secondary N) is 1. The standard InChI is InChI=1S/C13H15F2N3O2/c1-8(17-12(20)13(2,14)15)7-18-11-4-3-10(19)5-9(11)6-16-18/h3-6,8,19H,7H2,1-2H3,(H,17,20). The predicted octanol–water partition coefficient (Wildman–Crippen LogP) is 1.90. The van der Waals surface area contributed by atoms with Crippen molar-refractivity contribution in [2.24, 2.45) is 0 Å². The van der Waals surface area contributed by atoms with Gasteiger partial charge in [-0.25, -0.2) is 0 Å². The van der Waals surface area contributed by atoms with Gasteiger partial charge in [-0.1, -0.05) is 0 Å². The average Bonchev–Trinajstić information content (AvgIpc) is 2.70. The molecule has 1 aromatic carbocycles. The van der Waals surface area contributed by atoms with Crippen LogP contribution < -0.4 is 5.32 Å². The lowest BCUT2D eigenvalue weighted by Crippen LogP contribution is -2.44. The lowest BCUT2D eigenvalue weighted by molar-refractivity contribution is -0.143. The fourth-order valence-corrected chi connectivity index (χ4v) is 1.88. The van der Waals surface area contributed by atoms with E-state index in [1.165, 1.54) is 6.07 Å². The number of aromatic nitrogens is 2. The van der Waals surface area contributed by atoms with Crippen molar-refractivity contribution in [1.82, 2.24) is 15.1 Å². The van der Waals surface area contributed by atoms with Crippen LogP contribution in [0.3, 0.4) is 0 Å². The van der Waals surface area contributed by atoms with Gasteiger partial charge < -0.3 is 10.4 Å². The van der Waals surface area contributed by atoms with E-state index >= 15 is 0 Å². The number of rotatable bonds is 4. The molecule has 0 fully saturated rings. The molecule has 0 saturated heterocycles. The highest BCUT2D eigenvalue weighted by Crippen LogP contribution is 2.19. The van der Waals surface area contributed by atoms with Crippen molar-refractivity contribution in [3.8, 4) is 5.75 Å². The molecule has 0 aliphatic rings. The van der Waals surface area contributed by atoms with E-state index in [1.54, 1.807) is 29.9 Å². The smallest absolute Gasteiger partial charge is 0.321 e. The first-order valence-corrected chi connectivity index (χ1v) is 6.10. The number of hydrogen-bond donors (Lipinski definition) is 2. The molecule has 1 amide bonds. The second kappa shape index (κ2) is 5.07. The number of fused-ring (bicyclic) bond motifs is 1. The number of amides is 1. The summed E-state index contributed by atoms with van der Waals surface area (Å²) in [4.78, 5) is 11.2. The molecule has 0 radical (unpaired) electrons. The topological polar surface area (TPSA) is 67.2 Å². The molecule has 0 bridgehead atoms. The van der Waals surface area contributed by atoms with Crippen LogP contribution in [0.2, 0.25) is 0 Å². The van der Waals surface area contributed by atoms with Gasteiger partial charge >= 0.3 is 5.92 Å². The number of hydrogen-bond acceptors (Lipinski definition) is 3. The van der Waals surface area contributed by atoms with Crippen molar-refractivity contribution in [3.63, 3.8) is 0 Å². The predicted molar refractivity (Wildman–Crippen MR) is 69.6 cm³/mol. The molecule has 20 heavy (non-hydrogen) atoms. The Balaban J connectivity index is 2.10. The van der Waals surface area contributed by atoms with Gasteiger partial charge in [-0.05, 0) is 25.1 Å². The zero-order valence-electron chi connectivity index (χ0n) is 11.1. The Kier molecular flexibility index (Phi) is 3.61. The minimum atomic E-state index is -3.40. The molecule has 2 rings (SSSR count). The Hall–Kier alpha value is -2.18. The monoisotopic (exact) mass is 283 g/mol. The summed E-state index contributed by atoms with van der Waals surface area (Å²) in [5, 5.41) is 16.4. The Labute approximate surface area is 114 Å². The van der Waals surface area contributed by atoms with E-state index in [1.807, 2.05) is 0 Å². The SMILES string of the molecule is CC(Cn1ncc2cc(O)ccc21)NC(=O)C(C)(F)F. The lowest BCUT2D eigenvalue weighted by Gasteiger charge is -2.17. The number of carbonyl (C=O) groups excluding carboxylic acids is 1. The molecule has 0 aliphatic heterocycles. The normalized spacial score (nSPS) is 13.4. The molecule has 1 heterocycles. The molecule has 108 valence electrons. The summed E-state index contributed by atoms with van der Waals surface area (Å²) >= 11 is 0. The highest BCUT2D eigenvalue weighted by atomic mass is 19.3. The first-order chi connectivity index (χ1) is 9.27. The Morgan fingerprint density at radius 2 is 2.25 bits per heavy atom. The van der Waals surface area contributed by atoms with Gasteiger partial charge in [0.2, 0.25) is 0 Å². The van der Waals surface area contributed by atoms with Gasteiger partial charge in [0.05, 0.1) is 18.3 Å². The summed E-state index contributed by atoms with van der Waals surface area (Å²) < 4.78 is 27.2. The maximum Gasteiger partial charge on any atom is 0.321 e. The van der Waals surface area contributed by atoms with Crippen LogP contribution in [0.5, 0.6) is 5.75 Å². The number of benzene rings is 1. The Morgan fingerprint density at radius 1 is 1.55 bits per heavy atom. The minimum Gasteiger partial charge on any atom is -0.508 e. The average molecular weight is 283 g/mol. The molecule has 2 aromatic rings. The second-order valence-corrected chi connectivity index (χ2v) is 4.83. The van der Waals surface area contributed by atoms with Crippen LogP contribution in [-0.4, -0.2) is 32.8 Å². The minimum absolute atomic E-state index is 0.129. The Morgan fingerprint density at radius 3 is 2.90 bits per heavy atom. The molecule has 1 atom stereocenters. The van der Waals surface area contributed by atoms with Gasteiger partial charge in [-0.15, -0.1) is 0 Å². The number of phenolic OH excluding ortho intramolecular Hbond substituents is 1. The van der Waals surface area contributed by atoms with Crippen LogP contribution in [0.4, 0.5) is 8.78 Å². The number of nitrogens with zero attached hydrogens (tertiary/aromatic N) is 2. The second-order valence-electron chi connectivity index (χ2n) is 4.83. The van der Waals surface area contributed by atoms with Gasteiger partial charge in [0.25, 0.3) is 5.91 Å². The summed E-state index contributed by atoms with van der Waals surface area (Å²) in [5.41, 5.74) is 0.757. The summed E-state index contributed by atoms with van der Waals surface area (Å²) in [6, 6.07) is 4.26. The molecule has 2 N–H and O–H groups in total.